The van der Waals surface area contributed by atoms with Crippen molar-refractivity contribution in [2.75, 3.05) is 20.8 Å². The third-order valence-electron chi connectivity index (χ3n) is 5.50. The summed E-state index contributed by atoms with van der Waals surface area (Å²) in [6, 6.07) is 16.6. The Hall–Kier alpha value is -4.56. The molecular weight excluding hydrogens is 570 g/mol. The number of nitro benzene ring substituents is 1. The number of nitrogens with zero attached hydrogens (tertiary/aromatic N) is 2. The maximum Gasteiger partial charge on any atom is 0.269 e. The van der Waals surface area contributed by atoms with Crippen LogP contribution in [0.5, 0.6) is 23.0 Å². The number of rotatable bonds is 12. The van der Waals surface area contributed by atoms with Crippen molar-refractivity contribution in [1.29, 1.82) is 5.26 Å². The zero-order valence-corrected chi connectivity index (χ0v) is 23.1. The number of benzene rings is 3. The molecule has 0 heterocycles. The van der Waals surface area contributed by atoms with E-state index in [0.29, 0.717) is 39.6 Å². The third-order valence-corrected chi connectivity index (χ3v) is 6.19. The number of nitriles is 1. The van der Waals surface area contributed by atoms with Gasteiger partial charge in [-0.25, -0.2) is 0 Å². The molecule has 0 aliphatic rings. The first kappa shape index (κ1) is 29.0. The highest BCUT2D eigenvalue weighted by Gasteiger charge is 2.15. The zero-order valence-electron chi connectivity index (χ0n) is 21.5. The van der Waals surface area contributed by atoms with Gasteiger partial charge in [-0.3, -0.25) is 14.9 Å². The lowest BCUT2D eigenvalue weighted by atomic mass is 10.1. The monoisotopic (exact) mass is 595 g/mol. The first-order valence-electron chi connectivity index (χ1n) is 11.7. The maximum absolute atomic E-state index is 12.8. The fourth-order valence-corrected chi connectivity index (χ4v) is 3.93. The Balaban J connectivity index is 1.77. The van der Waals surface area contributed by atoms with Gasteiger partial charge in [0.15, 0.2) is 11.5 Å². The summed E-state index contributed by atoms with van der Waals surface area (Å²) in [7, 11) is 3.07. The van der Waals surface area contributed by atoms with Gasteiger partial charge in [-0.05, 0) is 60.5 Å². The van der Waals surface area contributed by atoms with E-state index in [1.807, 2.05) is 13.0 Å². The Morgan fingerprint density at radius 2 is 1.77 bits per heavy atom. The summed E-state index contributed by atoms with van der Waals surface area (Å²) in [6.07, 6.45) is 1.45. The van der Waals surface area contributed by atoms with E-state index < -0.39 is 10.8 Å². The normalized spacial score (nSPS) is 10.8. The molecular formula is C28H26BrN3O7. The van der Waals surface area contributed by atoms with Crippen LogP contribution in [0.25, 0.3) is 6.08 Å². The van der Waals surface area contributed by atoms with Crippen LogP contribution in [-0.4, -0.2) is 31.7 Å². The third kappa shape index (κ3) is 7.72. The van der Waals surface area contributed by atoms with E-state index in [4.69, 9.17) is 18.9 Å². The Kier molecular flexibility index (Phi) is 10.3. The number of nitrogens with one attached hydrogen (secondary N) is 1. The number of methoxy groups -OCH3 is 2. The van der Waals surface area contributed by atoms with Crippen LogP contribution >= 0.6 is 15.9 Å². The number of hydrogen-bond acceptors (Lipinski definition) is 8. The summed E-state index contributed by atoms with van der Waals surface area (Å²) in [5, 5.41) is 23.3. The first-order chi connectivity index (χ1) is 18.8. The minimum absolute atomic E-state index is 0.00638. The van der Waals surface area contributed by atoms with E-state index in [9.17, 15) is 20.2 Å². The Morgan fingerprint density at radius 1 is 1.05 bits per heavy atom. The number of non-ortho nitro benzene ring substituents is 1. The quantitative estimate of drug-likeness (QED) is 0.124. The highest BCUT2D eigenvalue weighted by Crippen LogP contribution is 2.35. The van der Waals surface area contributed by atoms with Crippen molar-refractivity contribution in [2.45, 2.75) is 20.1 Å². The molecule has 39 heavy (non-hydrogen) atoms. The molecule has 0 radical (unpaired) electrons. The Morgan fingerprint density at radius 3 is 2.38 bits per heavy atom. The number of nitro groups is 1. The summed E-state index contributed by atoms with van der Waals surface area (Å²) in [4.78, 5) is 23.2. The molecule has 1 N–H and O–H groups in total. The molecule has 0 spiro atoms. The van der Waals surface area contributed by atoms with Crippen LogP contribution in [0.4, 0.5) is 5.69 Å². The molecule has 3 rings (SSSR count). The molecule has 11 heteroatoms. The molecule has 202 valence electrons. The molecule has 0 atom stereocenters. The van der Waals surface area contributed by atoms with Gasteiger partial charge in [0, 0.05) is 34.8 Å². The number of halogens is 1. The van der Waals surface area contributed by atoms with Crippen molar-refractivity contribution < 1.29 is 28.7 Å². The highest BCUT2D eigenvalue weighted by atomic mass is 79.9. The van der Waals surface area contributed by atoms with Crippen molar-refractivity contribution in [2.24, 2.45) is 0 Å². The first-order valence-corrected chi connectivity index (χ1v) is 12.5. The van der Waals surface area contributed by atoms with E-state index in [1.54, 1.807) is 49.6 Å². The fourth-order valence-electron chi connectivity index (χ4n) is 3.49. The van der Waals surface area contributed by atoms with Crippen molar-refractivity contribution in [1.82, 2.24) is 5.32 Å². The number of carbonyl (C=O) groups excluding carboxylic acids is 1. The van der Waals surface area contributed by atoms with E-state index in [2.05, 4.69) is 21.2 Å². The zero-order chi connectivity index (χ0) is 28.4. The molecule has 10 nitrogen and oxygen atoms in total. The smallest absolute Gasteiger partial charge is 0.269 e. The van der Waals surface area contributed by atoms with Crippen LogP contribution in [0.2, 0.25) is 0 Å². The van der Waals surface area contributed by atoms with E-state index in [0.717, 1.165) is 11.1 Å². The molecule has 3 aromatic rings. The van der Waals surface area contributed by atoms with Crippen molar-refractivity contribution in [3.63, 3.8) is 0 Å². The van der Waals surface area contributed by atoms with E-state index in [-0.39, 0.29) is 24.4 Å². The lowest BCUT2D eigenvalue weighted by Gasteiger charge is -2.14. The van der Waals surface area contributed by atoms with Crippen molar-refractivity contribution in [3.05, 3.63) is 91.4 Å². The fraction of sp³-hybridized carbons (Fsp3) is 0.214. The van der Waals surface area contributed by atoms with E-state index in [1.165, 1.54) is 25.3 Å². The average molecular weight is 596 g/mol. The predicted octanol–water partition coefficient (Wildman–Crippen LogP) is 5.58. The predicted molar refractivity (Wildman–Crippen MR) is 148 cm³/mol. The van der Waals surface area contributed by atoms with Gasteiger partial charge in [0.25, 0.3) is 11.6 Å². The SMILES string of the molecule is CCOc1cc(/C=C(\C#N)C(=O)NCc2ccc(OC)cc2OC)c(Br)cc1OCc1ccc([N+](=O)[O-])cc1. The molecule has 0 aliphatic carbocycles. The second-order valence-corrected chi connectivity index (χ2v) is 8.85. The number of carbonyl (C=O) groups is 1. The summed E-state index contributed by atoms with van der Waals surface area (Å²) in [6.45, 7) is 2.47. The van der Waals surface area contributed by atoms with Gasteiger partial charge in [0.2, 0.25) is 0 Å². The van der Waals surface area contributed by atoms with Gasteiger partial charge < -0.3 is 24.3 Å². The second kappa shape index (κ2) is 13.8. The van der Waals surface area contributed by atoms with Crippen LogP contribution in [0.3, 0.4) is 0 Å². The number of hydrogen-bond donors (Lipinski definition) is 1. The molecule has 1 amide bonds. The standard InChI is InChI=1S/C28H26BrN3O7/c1-4-38-26-12-20(24(29)14-27(26)39-17-18-5-8-22(9-6-18)32(34)35)11-21(15-30)28(33)31-16-19-7-10-23(36-2)13-25(19)37-3/h5-14H,4,16-17H2,1-3H3,(H,31,33)/b21-11+. The molecule has 0 saturated carbocycles. The van der Waals surface area contributed by atoms with Crippen LogP contribution in [0, 0.1) is 21.4 Å². The summed E-state index contributed by atoms with van der Waals surface area (Å²) < 4.78 is 22.8. The van der Waals surface area contributed by atoms with Gasteiger partial charge in [-0.1, -0.05) is 15.9 Å². The second-order valence-electron chi connectivity index (χ2n) is 8.00. The Labute approximate surface area is 234 Å². The Bertz CT molecular complexity index is 1420. The molecule has 0 saturated heterocycles. The van der Waals surface area contributed by atoms with Gasteiger partial charge in [-0.15, -0.1) is 0 Å². The molecule has 0 bridgehead atoms. The minimum atomic E-state index is -0.557. The maximum atomic E-state index is 12.8. The summed E-state index contributed by atoms with van der Waals surface area (Å²) >= 11 is 3.47. The van der Waals surface area contributed by atoms with Crippen LogP contribution < -0.4 is 24.3 Å². The highest BCUT2D eigenvalue weighted by molar-refractivity contribution is 9.10. The van der Waals surface area contributed by atoms with Gasteiger partial charge in [0.1, 0.15) is 29.7 Å². The van der Waals surface area contributed by atoms with Crippen LogP contribution in [0.15, 0.2) is 64.6 Å². The average Bonchev–Trinajstić information content (AvgIpc) is 2.95. The lowest BCUT2D eigenvalue weighted by Crippen LogP contribution is -2.24. The topological polar surface area (TPSA) is 133 Å². The van der Waals surface area contributed by atoms with Gasteiger partial charge >= 0.3 is 0 Å². The summed E-state index contributed by atoms with van der Waals surface area (Å²) in [5.41, 5.74) is 1.88. The van der Waals surface area contributed by atoms with Gasteiger partial charge in [0.05, 0.1) is 25.7 Å². The minimum Gasteiger partial charge on any atom is -0.497 e. The van der Waals surface area contributed by atoms with Crippen LogP contribution in [-0.2, 0) is 17.9 Å². The lowest BCUT2D eigenvalue weighted by molar-refractivity contribution is -0.384. The molecule has 3 aromatic carbocycles. The number of ether oxygens (including phenoxy) is 4. The molecule has 0 aliphatic heterocycles. The van der Waals surface area contributed by atoms with Crippen LogP contribution in [0.1, 0.15) is 23.6 Å². The summed E-state index contributed by atoms with van der Waals surface area (Å²) in [5.74, 6) is 1.45. The van der Waals surface area contributed by atoms with Crippen molar-refractivity contribution in [3.8, 4) is 29.1 Å². The van der Waals surface area contributed by atoms with Gasteiger partial charge in [-0.2, -0.15) is 5.26 Å². The number of amides is 1. The van der Waals surface area contributed by atoms with E-state index >= 15 is 0 Å². The van der Waals surface area contributed by atoms with Crippen molar-refractivity contribution >= 4 is 33.6 Å². The molecule has 0 unspecified atom stereocenters. The molecule has 0 fully saturated rings. The largest absolute Gasteiger partial charge is 0.497 e. The molecule has 0 aromatic heterocycles.